The SMILES string of the molecule is CCC(=O)C[C@H]1Cc2cccc(C(=O)OCOC(=O)CCC(F)(F)F)c2OB1O. The molecule has 0 saturated carbocycles. The lowest BCUT2D eigenvalue weighted by Crippen LogP contribution is -2.35. The van der Waals surface area contributed by atoms with Gasteiger partial charge in [0.25, 0.3) is 0 Å². The molecule has 0 unspecified atom stereocenters. The smallest absolute Gasteiger partial charge is 0.526 e. The number of ketones is 1. The van der Waals surface area contributed by atoms with Crippen LogP contribution >= 0.6 is 0 Å². The first-order valence-electron chi connectivity index (χ1n) is 8.98. The number of hydrogen-bond acceptors (Lipinski definition) is 7. The van der Waals surface area contributed by atoms with Crippen molar-refractivity contribution in [2.75, 3.05) is 6.79 Å². The molecule has 29 heavy (non-hydrogen) atoms. The average molecular weight is 416 g/mol. The molecule has 1 aliphatic rings. The van der Waals surface area contributed by atoms with Crippen LogP contribution in [0.2, 0.25) is 5.82 Å². The van der Waals surface area contributed by atoms with Crippen molar-refractivity contribution in [3.8, 4) is 5.75 Å². The molecule has 0 aromatic heterocycles. The highest BCUT2D eigenvalue weighted by Gasteiger charge is 2.37. The molecule has 0 spiro atoms. The Hall–Kier alpha value is -2.56. The predicted octanol–water partition coefficient (Wildman–Crippen LogP) is 2.84. The van der Waals surface area contributed by atoms with Gasteiger partial charge in [0.05, 0.1) is 12.8 Å². The van der Waals surface area contributed by atoms with Crippen molar-refractivity contribution < 1.29 is 46.7 Å². The summed E-state index contributed by atoms with van der Waals surface area (Å²) < 4.78 is 50.8. The lowest BCUT2D eigenvalue weighted by molar-refractivity contribution is -0.163. The molecule has 0 amide bonds. The summed E-state index contributed by atoms with van der Waals surface area (Å²) in [5.41, 5.74) is 0.564. The van der Waals surface area contributed by atoms with Gasteiger partial charge < -0.3 is 19.2 Å². The van der Waals surface area contributed by atoms with Crippen molar-refractivity contribution in [1.82, 2.24) is 0 Å². The lowest BCUT2D eigenvalue weighted by atomic mass is 9.64. The molecule has 0 radical (unpaired) electrons. The van der Waals surface area contributed by atoms with Gasteiger partial charge in [0, 0.05) is 18.7 Å². The van der Waals surface area contributed by atoms with Gasteiger partial charge in [-0.05, 0) is 18.1 Å². The minimum atomic E-state index is -4.49. The zero-order valence-electron chi connectivity index (χ0n) is 15.7. The summed E-state index contributed by atoms with van der Waals surface area (Å²) >= 11 is 0. The van der Waals surface area contributed by atoms with Gasteiger partial charge in [0.2, 0.25) is 6.79 Å². The van der Waals surface area contributed by atoms with E-state index in [0.717, 1.165) is 0 Å². The number of benzene rings is 1. The van der Waals surface area contributed by atoms with Crippen LogP contribution in [-0.4, -0.2) is 42.8 Å². The Bertz CT molecular complexity index is 766. The second-order valence-corrected chi connectivity index (χ2v) is 6.54. The average Bonchev–Trinajstić information content (AvgIpc) is 2.65. The number of alkyl halides is 3. The van der Waals surface area contributed by atoms with Gasteiger partial charge in [-0.2, -0.15) is 13.2 Å². The first kappa shape index (κ1) is 22.7. The van der Waals surface area contributed by atoms with E-state index in [1.165, 1.54) is 6.07 Å². The molecule has 1 aromatic carbocycles. The molecule has 0 saturated heterocycles. The van der Waals surface area contributed by atoms with Crippen molar-refractivity contribution in [3.63, 3.8) is 0 Å². The number of esters is 2. The molecule has 158 valence electrons. The number of ether oxygens (including phenoxy) is 2. The number of para-hydroxylation sites is 1. The quantitative estimate of drug-likeness (QED) is 0.395. The molecule has 7 nitrogen and oxygen atoms in total. The zero-order chi connectivity index (χ0) is 21.6. The van der Waals surface area contributed by atoms with Gasteiger partial charge in [0.1, 0.15) is 17.1 Å². The Kier molecular flexibility index (Phi) is 7.66. The molecule has 0 bridgehead atoms. The normalized spacial score (nSPS) is 15.9. The van der Waals surface area contributed by atoms with Crippen molar-refractivity contribution in [1.29, 1.82) is 0 Å². The minimum Gasteiger partial charge on any atom is -0.535 e. The molecular weight excluding hydrogens is 396 g/mol. The summed E-state index contributed by atoms with van der Waals surface area (Å²) in [7, 11) is -1.29. The van der Waals surface area contributed by atoms with Crippen LogP contribution < -0.4 is 4.65 Å². The maximum atomic E-state index is 12.2. The van der Waals surface area contributed by atoms with Gasteiger partial charge in [-0.3, -0.25) is 9.59 Å². The number of carbonyl (C=O) groups excluding carboxylic acids is 3. The van der Waals surface area contributed by atoms with Gasteiger partial charge in [-0.15, -0.1) is 0 Å². The van der Waals surface area contributed by atoms with Crippen LogP contribution in [0.4, 0.5) is 13.2 Å². The fraction of sp³-hybridized carbons (Fsp3) is 0.500. The van der Waals surface area contributed by atoms with Gasteiger partial charge in [-0.25, -0.2) is 4.79 Å². The highest BCUT2D eigenvalue weighted by Crippen LogP contribution is 2.36. The third kappa shape index (κ3) is 6.77. The number of carbonyl (C=O) groups is 3. The molecule has 11 heteroatoms. The zero-order valence-corrected chi connectivity index (χ0v) is 15.7. The lowest BCUT2D eigenvalue weighted by Gasteiger charge is -2.28. The van der Waals surface area contributed by atoms with E-state index in [1.807, 2.05) is 0 Å². The maximum absolute atomic E-state index is 12.2. The summed E-state index contributed by atoms with van der Waals surface area (Å²) in [6.07, 6.45) is -5.91. The summed E-state index contributed by atoms with van der Waals surface area (Å²) in [6.45, 7) is 0.867. The standard InChI is InChI=1S/C18H20BF3O7/c1-2-13(23)9-12-8-11-4-3-5-14(16(11)29-19(12)26)17(25)28-10-27-15(24)6-7-18(20,21)22/h3-5,12,26H,2,6-10H2,1H3/t12-/m1/s1. The molecule has 1 aromatic rings. The Labute approximate surface area is 165 Å². The number of hydrogen-bond donors (Lipinski definition) is 1. The molecule has 1 heterocycles. The Morgan fingerprint density at radius 3 is 2.66 bits per heavy atom. The van der Waals surface area contributed by atoms with E-state index in [0.29, 0.717) is 18.4 Å². The van der Waals surface area contributed by atoms with Crippen molar-refractivity contribution in [3.05, 3.63) is 29.3 Å². The van der Waals surface area contributed by atoms with E-state index in [9.17, 15) is 32.6 Å². The third-order valence-electron chi connectivity index (χ3n) is 4.35. The van der Waals surface area contributed by atoms with Gasteiger partial charge >= 0.3 is 25.2 Å². The topological polar surface area (TPSA) is 99.1 Å². The Morgan fingerprint density at radius 2 is 2.00 bits per heavy atom. The van der Waals surface area contributed by atoms with Crippen LogP contribution in [0, 0.1) is 0 Å². The number of fused-ring (bicyclic) bond motifs is 1. The molecule has 1 aliphatic heterocycles. The van der Waals surface area contributed by atoms with E-state index >= 15 is 0 Å². The third-order valence-corrected chi connectivity index (χ3v) is 4.35. The number of rotatable bonds is 8. The maximum Gasteiger partial charge on any atom is 0.526 e. The number of halogens is 3. The Morgan fingerprint density at radius 1 is 1.28 bits per heavy atom. The second-order valence-electron chi connectivity index (χ2n) is 6.54. The minimum absolute atomic E-state index is 0.0241. The highest BCUT2D eigenvalue weighted by atomic mass is 19.4. The summed E-state index contributed by atoms with van der Waals surface area (Å²) in [6, 6.07) is 4.61. The largest absolute Gasteiger partial charge is 0.535 e. The molecule has 0 aliphatic carbocycles. The van der Waals surface area contributed by atoms with E-state index in [1.54, 1.807) is 19.1 Å². The summed E-state index contributed by atoms with van der Waals surface area (Å²) in [5, 5.41) is 10.2. The van der Waals surface area contributed by atoms with Crippen LogP contribution in [0.1, 0.15) is 48.5 Å². The van der Waals surface area contributed by atoms with E-state index in [4.69, 9.17) is 9.39 Å². The second kappa shape index (κ2) is 9.77. The van der Waals surface area contributed by atoms with Gasteiger partial charge in [0.15, 0.2) is 0 Å². The van der Waals surface area contributed by atoms with Crippen LogP contribution in [0.25, 0.3) is 0 Å². The van der Waals surface area contributed by atoms with Crippen LogP contribution in [0.5, 0.6) is 5.75 Å². The fourth-order valence-electron chi connectivity index (χ4n) is 2.80. The van der Waals surface area contributed by atoms with Crippen LogP contribution in [0.15, 0.2) is 18.2 Å². The van der Waals surface area contributed by atoms with E-state index < -0.39 is 50.7 Å². The molecule has 1 atom stereocenters. The van der Waals surface area contributed by atoms with Crippen LogP contribution in [-0.2, 0) is 25.5 Å². The van der Waals surface area contributed by atoms with Gasteiger partial charge in [-0.1, -0.05) is 19.1 Å². The number of Topliss-reactive ketones (excluding diaryl/α,β-unsaturated/α-hetero) is 1. The monoisotopic (exact) mass is 416 g/mol. The first-order valence-corrected chi connectivity index (χ1v) is 8.98. The van der Waals surface area contributed by atoms with Crippen LogP contribution in [0.3, 0.4) is 0 Å². The van der Waals surface area contributed by atoms with Crippen molar-refractivity contribution >= 4 is 24.8 Å². The summed E-state index contributed by atoms with van der Waals surface area (Å²) in [5.74, 6) is -2.46. The van der Waals surface area contributed by atoms with E-state index in [2.05, 4.69) is 4.74 Å². The summed E-state index contributed by atoms with van der Waals surface area (Å²) in [4.78, 5) is 35.1. The van der Waals surface area contributed by atoms with Crippen molar-refractivity contribution in [2.24, 2.45) is 0 Å². The Balaban J connectivity index is 1.95. The molecule has 2 rings (SSSR count). The highest BCUT2D eigenvalue weighted by molar-refractivity contribution is 6.47. The fourth-order valence-corrected chi connectivity index (χ4v) is 2.80. The predicted molar refractivity (Wildman–Crippen MR) is 94.1 cm³/mol. The van der Waals surface area contributed by atoms with Crippen molar-refractivity contribution in [2.45, 2.75) is 51.0 Å². The first-order chi connectivity index (χ1) is 13.6. The molecule has 1 N–H and O–H groups in total. The van der Waals surface area contributed by atoms with E-state index in [-0.39, 0.29) is 23.5 Å². The molecule has 0 fully saturated rings. The molecular formula is C18H20BF3O7.